The zero-order valence-electron chi connectivity index (χ0n) is 8.14. The number of nitrogens with one attached hydrogen (secondary N) is 1. The SMILES string of the molecule is CNC(C)C1CC2CC23CCC13. The fraction of sp³-hybridized carbons (Fsp3) is 1.00. The van der Waals surface area contributed by atoms with Crippen molar-refractivity contribution in [2.75, 3.05) is 7.05 Å². The summed E-state index contributed by atoms with van der Waals surface area (Å²) in [5.41, 5.74) is 0.912. The molecule has 1 nitrogen and oxygen atoms in total. The molecule has 0 amide bonds. The van der Waals surface area contributed by atoms with Gasteiger partial charge in [0.15, 0.2) is 0 Å². The molecule has 0 aromatic heterocycles. The third kappa shape index (κ3) is 0.654. The zero-order valence-corrected chi connectivity index (χ0v) is 8.14. The van der Waals surface area contributed by atoms with E-state index in [1.807, 2.05) is 0 Å². The Morgan fingerprint density at radius 2 is 2.33 bits per heavy atom. The fourth-order valence-electron chi connectivity index (χ4n) is 4.06. The molecule has 5 atom stereocenters. The van der Waals surface area contributed by atoms with Crippen LogP contribution >= 0.6 is 0 Å². The lowest BCUT2D eigenvalue weighted by molar-refractivity contribution is 0.101. The zero-order chi connectivity index (χ0) is 8.34. The molecular formula is C11H19N. The van der Waals surface area contributed by atoms with Crippen LogP contribution in [0.5, 0.6) is 0 Å². The maximum atomic E-state index is 3.43. The quantitative estimate of drug-likeness (QED) is 0.660. The first kappa shape index (κ1) is 7.37. The van der Waals surface area contributed by atoms with E-state index in [0.717, 1.165) is 29.2 Å². The molecule has 0 saturated heterocycles. The van der Waals surface area contributed by atoms with Gasteiger partial charge in [0, 0.05) is 6.04 Å². The van der Waals surface area contributed by atoms with Crippen molar-refractivity contribution >= 4 is 0 Å². The maximum Gasteiger partial charge on any atom is 0.00669 e. The molecule has 0 aromatic carbocycles. The van der Waals surface area contributed by atoms with E-state index >= 15 is 0 Å². The van der Waals surface area contributed by atoms with E-state index < -0.39 is 0 Å². The van der Waals surface area contributed by atoms with E-state index in [0.29, 0.717) is 0 Å². The van der Waals surface area contributed by atoms with Crippen molar-refractivity contribution in [1.82, 2.24) is 5.32 Å². The Labute approximate surface area is 74.9 Å². The van der Waals surface area contributed by atoms with Crippen LogP contribution in [-0.2, 0) is 0 Å². The summed E-state index contributed by atoms with van der Waals surface area (Å²) >= 11 is 0. The van der Waals surface area contributed by atoms with Crippen molar-refractivity contribution in [3.63, 3.8) is 0 Å². The summed E-state index contributed by atoms with van der Waals surface area (Å²) in [5, 5.41) is 3.43. The average Bonchev–Trinajstić information content (AvgIpc) is 2.72. The molecule has 3 rings (SSSR count). The molecule has 1 heteroatoms. The standard InChI is InChI=1S/C11H19N/c1-7(12-2)9-5-8-6-11(8)4-3-10(9)11/h7-10,12H,3-6H2,1-2H3. The molecule has 1 spiro atoms. The van der Waals surface area contributed by atoms with Crippen molar-refractivity contribution in [2.45, 2.75) is 38.6 Å². The molecule has 0 bridgehead atoms. The highest BCUT2D eigenvalue weighted by molar-refractivity contribution is 5.20. The summed E-state index contributed by atoms with van der Waals surface area (Å²) in [4.78, 5) is 0. The van der Waals surface area contributed by atoms with Gasteiger partial charge in [-0.2, -0.15) is 0 Å². The molecule has 3 aliphatic carbocycles. The van der Waals surface area contributed by atoms with Crippen LogP contribution in [0.3, 0.4) is 0 Å². The lowest BCUT2D eigenvalue weighted by Gasteiger charge is -2.40. The predicted molar refractivity (Wildman–Crippen MR) is 49.9 cm³/mol. The van der Waals surface area contributed by atoms with Gasteiger partial charge in [-0.05, 0) is 62.8 Å². The highest BCUT2D eigenvalue weighted by Crippen LogP contribution is 2.77. The third-order valence-corrected chi connectivity index (χ3v) is 5.11. The van der Waals surface area contributed by atoms with Gasteiger partial charge in [-0.3, -0.25) is 0 Å². The molecule has 68 valence electrons. The highest BCUT2D eigenvalue weighted by atomic mass is 14.9. The van der Waals surface area contributed by atoms with E-state index in [4.69, 9.17) is 0 Å². The average molecular weight is 165 g/mol. The van der Waals surface area contributed by atoms with Crippen LogP contribution in [0.15, 0.2) is 0 Å². The van der Waals surface area contributed by atoms with Crippen LogP contribution in [0.2, 0.25) is 0 Å². The van der Waals surface area contributed by atoms with Crippen molar-refractivity contribution in [2.24, 2.45) is 23.2 Å². The second-order valence-corrected chi connectivity index (χ2v) is 5.26. The molecule has 0 aliphatic heterocycles. The third-order valence-electron chi connectivity index (χ3n) is 5.11. The Balaban J connectivity index is 1.76. The van der Waals surface area contributed by atoms with Gasteiger partial charge in [-0.1, -0.05) is 0 Å². The predicted octanol–water partition coefficient (Wildman–Crippen LogP) is 2.03. The Kier molecular flexibility index (Phi) is 1.27. The molecule has 0 radical (unpaired) electrons. The van der Waals surface area contributed by atoms with Crippen molar-refractivity contribution < 1.29 is 0 Å². The van der Waals surface area contributed by atoms with Crippen LogP contribution in [0.25, 0.3) is 0 Å². The van der Waals surface area contributed by atoms with Gasteiger partial charge in [0.2, 0.25) is 0 Å². The highest BCUT2D eigenvalue weighted by Gasteiger charge is 2.70. The molecule has 5 unspecified atom stereocenters. The van der Waals surface area contributed by atoms with E-state index in [1.165, 1.54) is 12.8 Å². The van der Waals surface area contributed by atoms with Gasteiger partial charge in [0.05, 0.1) is 0 Å². The van der Waals surface area contributed by atoms with E-state index in [1.54, 1.807) is 12.8 Å². The van der Waals surface area contributed by atoms with Crippen molar-refractivity contribution in [3.8, 4) is 0 Å². The summed E-state index contributed by atoms with van der Waals surface area (Å²) in [6.07, 6.45) is 6.22. The van der Waals surface area contributed by atoms with E-state index in [2.05, 4.69) is 19.3 Å². The number of rotatable bonds is 2. The van der Waals surface area contributed by atoms with Gasteiger partial charge in [0.25, 0.3) is 0 Å². The molecule has 1 N–H and O–H groups in total. The van der Waals surface area contributed by atoms with Crippen LogP contribution < -0.4 is 5.32 Å². The van der Waals surface area contributed by atoms with Crippen LogP contribution in [-0.4, -0.2) is 13.1 Å². The van der Waals surface area contributed by atoms with Crippen LogP contribution in [0.1, 0.15) is 32.6 Å². The summed E-state index contributed by atoms with van der Waals surface area (Å²) < 4.78 is 0. The van der Waals surface area contributed by atoms with E-state index in [9.17, 15) is 0 Å². The molecule has 3 saturated carbocycles. The van der Waals surface area contributed by atoms with Crippen LogP contribution in [0, 0.1) is 23.2 Å². The molecule has 3 aliphatic rings. The summed E-state index contributed by atoms with van der Waals surface area (Å²) in [6.45, 7) is 2.36. The smallest absolute Gasteiger partial charge is 0.00669 e. The number of hydrogen-bond acceptors (Lipinski definition) is 1. The van der Waals surface area contributed by atoms with Gasteiger partial charge in [-0.25, -0.2) is 0 Å². The van der Waals surface area contributed by atoms with Crippen LogP contribution in [0.4, 0.5) is 0 Å². The summed E-state index contributed by atoms with van der Waals surface area (Å²) in [5.74, 6) is 3.28. The van der Waals surface area contributed by atoms with Gasteiger partial charge in [0.1, 0.15) is 0 Å². The molecule has 3 fully saturated rings. The molecule has 0 aromatic rings. The minimum absolute atomic E-state index is 0.764. The topological polar surface area (TPSA) is 12.0 Å². The lowest BCUT2D eigenvalue weighted by atomic mass is 9.66. The first-order chi connectivity index (χ1) is 5.78. The van der Waals surface area contributed by atoms with Gasteiger partial charge >= 0.3 is 0 Å². The maximum absolute atomic E-state index is 3.43. The first-order valence-corrected chi connectivity index (χ1v) is 5.45. The first-order valence-electron chi connectivity index (χ1n) is 5.45. The Morgan fingerprint density at radius 3 is 2.83 bits per heavy atom. The summed E-state index contributed by atoms with van der Waals surface area (Å²) in [7, 11) is 2.11. The Morgan fingerprint density at radius 1 is 1.50 bits per heavy atom. The molecule has 12 heavy (non-hydrogen) atoms. The second kappa shape index (κ2) is 2.06. The van der Waals surface area contributed by atoms with Gasteiger partial charge < -0.3 is 5.32 Å². The minimum Gasteiger partial charge on any atom is -0.317 e. The van der Waals surface area contributed by atoms with Crippen molar-refractivity contribution in [3.05, 3.63) is 0 Å². The Hall–Kier alpha value is -0.0400. The normalized spacial score (nSPS) is 57.0. The van der Waals surface area contributed by atoms with Gasteiger partial charge in [-0.15, -0.1) is 0 Å². The lowest BCUT2D eigenvalue weighted by Crippen LogP contribution is -2.39. The molecular weight excluding hydrogens is 146 g/mol. The Bertz CT molecular complexity index is 209. The molecule has 0 heterocycles. The second-order valence-electron chi connectivity index (χ2n) is 5.26. The van der Waals surface area contributed by atoms with E-state index in [-0.39, 0.29) is 0 Å². The number of hydrogen-bond donors (Lipinski definition) is 1. The largest absolute Gasteiger partial charge is 0.317 e. The monoisotopic (exact) mass is 165 g/mol. The van der Waals surface area contributed by atoms with Crippen molar-refractivity contribution in [1.29, 1.82) is 0 Å². The summed E-state index contributed by atoms with van der Waals surface area (Å²) in [6, 6.07) is 0.764. The fourth-order valence-corrected chi connectivity index (χ4v) is 4.06. The minimum atomic E-state index is 0.764.